The van der Waals surface area contributed by atoms with Crippen LogP contribution < -0.4 is 0 Å². The van der Waals surface area contributed by atoms with Gasteiger partial charge in [0.2, 0.25) is 0 Å². The van der Waals surface area contributed by atoms with Crippen molar-refractivity contribution in [3.8, 4) is 0 Å². The van der Waals surface area contributed by atoms with E-state index in [1.165, 1.54) is 5.54 Å². The highest BCUT2D eigenvalue weighted by Gasteiger charge is 1.50. The predicted molar refractivity (Wildman–Crippen MR) is 29.8 cm³/mol. The highest BCUT2D eigenvalue weighted by molar-refractivity contribution is 6.25. The first kappa shape index (κ1) is 5.77. The summed E-state index contributed by atoms with van der Waals surface area (Å²) in [4.78, 5) is 0. The monoisotopic (exact) mass is 102 g/mol. The molecule has 0 aromatic carbocycles. The Morgan fingerprint density at radius 2 is 2.00 bits per heavy atom. The number of rotatable bonds is 1. The Morgan fingerprint density at radius 1 is 1.33 bits per heavy atom. The van der Waals surface area contributed by atoms with Crippen LogP contribution in [0, 0.1) is 0 Å². The van der Waals surface area contributed by atoms with Crippen LogP contribution in [0.15, 0.2) is 23.8 Å². The molecule has 0 saturated heterocycles. The Hall–Kier alpha value is -0.230. The minimum atomic E-state index is 1.47. The van der Waals surface area contributed by atoms with Crippen molar-refractivity contribution in [2.45, 2.75) is 6.92 Å². The molecule has 6 heavy (non-hydrogen) atoms. The smallest absolute Gasteiger partial charge is 0.00423 e. The van der Waals surface area contributed by atoms with Crippen LogP contribution in [0.1, 0.15) is 6.92 Å². The van der Waals surface area contributed by atoms with E-state index in [9.17, 15) is 0 Å². The number of hydrogen-bond acceptors (Lipinski definition) is 0. The van der Waals surface area contributed by atoms with Crippen LogP contribution in [0.5, 0.6) is 0 Å². The van der Waals surface area contributed by atoms with Crippen LogP contribution >= 0.6 is 11.6 Å². The highest BCUT2D eigenvalue weighted by Crippen LogP contribution is 1.77. The Kier molecular flexibility index (Phi) is 4.59. The van der Waals surface area contributed by atoms with E-state index in [-0.39, 0.29) is 0 Å². The summed E-state index contributed by atoms with van der Waals surface area (Å²) in [6.07, 6.45) is 5.55. The zero-order valence-corrected chi connectivity index (χ0v) is 4.44. The van der Waals surface area contributed by atoms with E-state index in [0.29, 0.717) is 0 Å². The van der Waals surface area contributed by atoms with Gasteiger partial charge < -0.3 is 0 Å². The molecule has 0 unspecified atom stereocenters. The van der Waals surface area contributed by atoms with Crippen LogP contribution in [0.4, 0.5) is 0 Å². The van der Waals surface area contributed by atoms with Gasteiger partial charge in [0.15, 0.2) is 0 Å². The van der Waals surface area contributed by atoms with Gasteiger partial charge in [0.25, 0.3) is 0 Å². The summed E-state index contributed by atoms with van der Waals surface area (Å²) in [6, 6.07) is 0. The van der Waals surface area contributed by atoms with Crippen LogP contribution in [-0.2, 0) is 0 Å². The van der Waals surface area contributed by atoms with Crippen molar-refractivity contribution in [1.82, 2.24) is 0 Å². The molecule has 0 saturated carbocycles. The summed E-state index contributed by atoms with van der Waals surface area (Å²) < 4.78 is 0. The fourth-order valence-corrected chi connectivity index (χ4v) is 0.237. The normalized spacial score (nSPS) is 11.7. The van der Waals surface area contributed by atoms with Crippen molar-refractivity contribution in [1.29, 1.82) is 0 Å². The average Bonchev–Trinajstić information content (AvgIpc) is 1.61. The summed E-state index contributed by atoms with van der Waals surface area (Å²) in [5, 5.41) is 0. The highest BCUT2D eigenvalue weighted by atomic mass is 35.5. The van der Waals surface area contributed by atoms with Gasteiger partial charge in [-0.25, -0.2) is 0 Å². The third kappa shape index (κ3) is 3.77. The lowest BCUT2D eigenvalue weighted by molar-refractivity contribution is 1.74. The van der Waals surface area contributed by atoms with Gasteiger partial charge in [0.1, 0.15) is 0 Å². The molecular formula is C5H7Cl. The maximum Gasteiger partial charge on any atom is 0.00423 e. The van der Waals surface area contributed by atoms with Crippen molar-refractivity contribution in [2.75, 3.05) is 0 Å². The van der Waals surface area contributed by atoms with E-state index in [0.717, 1.165) is 0 Å². The van der Waals surface area contributed by atoms with Gasteiger partial charge >= 0.3 is 0 Å². The molecule has 0 nitrogen and oxygen atoms in total. The van der Waals surface area contributed by atoms with Crippen molar-refractivity contribution < 1.29 is 0 Å². The van der Waals surface area contributed by atoms with Gasteiger partial charge in [0.05, 0.1) is 0 Å². The molecule has 0 aliphatic heterocycles. The minimum Gasteiger partial charge on any atom is -0.0930 e. The van der Waals surface area contributed by atoms with Gasteiger partial charge in [-0.2, -0.15) is 0 Å². The molecule has 1 heteroatoms. The maximum absolute atomic E-state index is 5.15. The summed E-state index contributed by atoms with van der Waals surface area (Å²) in [7, 11) is 0. The lowest BCUT2D eigenvalue weighted by Gasteiger charge is -1.61. The molecule has 0 aliphatic carbocycles. The molecule has 0 bridgehead atoms. The molecular weight excluding hydrogens is 95.5 g/mol. The van der Waals surface area contributed by atoms with Crippen molar-refractivity contribution >= 4 is 11.6 Å². The van der Waals surface area contributed by atoms with Gasteiger partial charge in [0, 0.05) is 5.54 Å². The number of allylic oxidation sites excluding steroid dienone is 3. The largest absolute Gasteiger partial charge is 0.0930 e. The van der Waals surface area contributed by atoms with Crippen LogP contribution in [0.2, 0.25) is 0 Å². The molecule has 0 heterocycles. The van der Waals surface area contributed by atoms with E-state index < -0.39 is 0 Å². The second-order valence-corrected chi connectivity index (χ2v) is 1.10. The number of halogens is 1. The van der Waals surface area contributed by atoms with Crippen molar-refractivity contribution in [3.05, 3.63) is 23.8 Å². The van der Waals surface area contributed by atoms with Crippen LogP contribution in [0.3, 0.4) is 0 Å². The second-order valence-electron chi connectivity index (χ2n) is 0.844. The lowest BCUT2D eigenvalue weighted by Crippen LogP contribution is -1.37. The minimum absolute atomic E-state index is 1.47. The first-order chi connectivity index (χ1) is 2.91. The van der Waals surface area contributed by atoms with Gasteiger partial charge in [-0.05, 0) is 6.92 Å². The summed E-state index contributed by atoms with van der Waals surface area (Å²) >= 11 is 5.15. The third-order valence-electron chi connectivity index (χ3n) is 0.376. The molecule has 0 atom stereocenters. The fraction of sp³-hybridized carbons (Fsp3) is 0.200. The molecule has 0 aliphatic rings. The summed E-state index contributed by atoms with van der Waals surface area (Å²) in [6.45, 7) is 1.94. The van der Waals surface area contributed by atoms with E-state index in [1.54, 1.807) is 6.08 Å². The summed E-state index contributed by atoms with van der Waals surface area (Å²) in [5.74, 6) is 0. The predicted octanol–water partition coefficient (Wildman–Crippen LogP) is 2.32. The molecule has 0 rings (SSSR count). The molecule has 0 spiro atoms. The molecule has 0 aromatic rings. The molecule has 0 radical (unpaired) electrons. The van der Waals surface area contributed by atoms with Crippen molar-refractivity contribution in [2.24, 2.45) is 0 Å². The standard InChI is InChI=1S/C5H7Cl/c1-2-3-4-5-6/h2-5H,1H3. The van der Waals surface area contributed by atoms with E-state index >= 15 is 0 Å². The SMILES string of the molecule is CC=CC=CCl. The second kappa shape index (κ2) is 4.77. The number of hydrogen-bond donors (Lipinski definition) is 0. The fourth-order valence-electron chi connectivity index (χ4n) is 0.153. The quantitative estimate of drug-likeness (QED) is 0.446. The topological polar surface area (TPSA) is 0 Å². The van der Waals surface area contributed by atoms with Crippen molar-refractivity contribution in [3.63, 3.8) is 0 Å². The Labute approximate surface area is 43.1 Å². The Morgan fingerprint density at radius 3 is 2.17 bits per heavy atom. The molecule has 0 N–H and O–H groups in total. The zero-order chi connectivity index (χ0) is 4.83. The third-order valence-corrected chi connectivity index (χ3v) is 0.522. The maximum atomic E-state index is 5.15. The molecule has 34 valence electrons. The van der Waals surface area contributed by atoms with E-state index in [1.807, 2.05) is 19.1 Å². The van der Waals surface area contributed by atoms with E-state index in [2.05, 4.69) is 0 Å². The van der Waals surface area contributed by atoms with Gasteiger partial charge in [-0.1, -0.05) is 29.8 Å². The van der Waals surface area contributed by atoms with Gasteiger partial charge in [-0.3, -0.25) is 0 Å². The van der Waals surface area contributed by atoms with E-state index in [4.69, 9.17) is 11.6 Å². The Bertz CT molecular complexity index is 52.3. The average molecular weight is 103 g/mol. The molecule has 0 amide bonds. The first-order valence-electron chi connectivity index (χ1n) is 1.80. The summed E-state index contributed by atoms with van der Waals surface area (Å²) in [5.41, 5.74) is 1.47. The lowest BCUT2D eigenvalue weighted by atomic mass is 10.5. The Balaban J connectivity index is 3.07. The molecule has 0 aromatic heterocycles. The zero-order valence-electron chi connectivity index (χ0n) is 3.69. The molecule has 0 fully saturated rings. The van der Waals surface area contributed by atoms with Crippen LogP contribution in [-0.4, -0.2) is 0 Å². The van der Waals surface area contributed by atoms with Crippen LogP contribution in [0.25, 0.3) is 0 Å². The first-order valence-corrected chi connectivity index (χ1v) is 2.23. The van der Waals surface area contributed by atoms with Gasteiger partial charge in [-0.15, -0.1) is 0 Å².